The molecule has 200 valence electrons. The number of aromatic amines is 1. The van der Waals surface area contributed by atoms with Crippen LogP contribution in [-0.4, -0.2) is 39.6 Å². The number of nitrogens with zero attached hydrogens (tertiary/aromatic N) is 2. The molecular formula is C31H24ClFN4O3. The number of para-hydroxylation sites is 1. The van der Waals surface area contributed by atoms with Crippen LogP contribution < -0.4 is 5.43 Å². The molecule has 5 aromatic rings. The zero-order chi connectivity index (χ0) is 27.8. The van der Waals surface area contributed by atoms with Crippen molar-refractivity contribution in [1.29, 1.82) is 0 Å². The molecule has 9 heteroatoms. The Labute approximate surface area is 233 Å². The van der Waals surface area contributed by atoms with Crippen molar-refractivity contribution in [2.75, 3.05) is 6.54 Å². The van der Waals surface area contributed by atoms with Gasteiger partial charge in [0.2, 0.25) is 5.91 Å². The smallest absolute Gasteiger partial charge is 0.271 e. The molecule has 4 aromatic carbocycles. The van der Waals surface area contributed by atoms with Gasteiger partial charge in [-0.25, -0.2) is 9.82 Å². The van der Waals surface area contributed by atoms with Crippen molar-refractivity contribution in [3.8, 4) is 5.75 Å². The van der Waals surface area contributed by atoms with Crippen LogP contribution in [0.5, 0.6) is 5.75 Å². The molecule has 3 N–H and O–H groups in total. The van der Waals surface area contributed by atoms with E-state index in [-0.39, 0.29) is 34.5 Å². The molecule has 0 spiro atoms. The summed E-state index contributed by atoms with van der Waals surface area (Å²) in [6.07, 6.45) is 2.42. The van der Waals surface area contributed by atoms with Crippen molar-refractivity contribution in [2.45, 2.75) is 19.4 Å². The van der Waals surface area contributed by atoms with E-state index in [0.29, 0.717) is 25.0 Å². The second-order valence-corrected chi connectivity index (χ2v) is 10.1. The Balaban J connectivity index is 1.19. The van der Waals surface area contributed by atoms with Gasteiger partial charge in [0.05, 0.1) is 23.2 Å². The number of fused-ring (bicyclic) bond motifs is 4. The van der Waals surface area contributed by atoms with E-state index in [0.717, 1.165) is 38.5 Å². The average molecular weight is 555 g/mol. The van der Waals surface area contributed by atoms with Crippen LogP contribution in [0.25, 0.3) is 21.7 Å². The highest BCUT2D eigenvalue weighted by atomic mass is 35.5. The lowest BCUT2D eigenvalue weighted by Crippen LogP contribution is -2.36. The third-order valence-corrected chi connectivity index (χ3v) is 7.58. The lowest BCUT2D eigenvalue weighted by molar-refractivity contribution is -0.131. The fourth-order valence-corrected chi connectivity index (χ4v) is 5.40. The summed E-state index contributed by atoms with van der Waals surface area (Å²) in [5, 5.41) is 16.4. The van der Waals surface area contributed by atoms with Crippen molar-refractivity contribution in [1.82, 2.24) is 15.3 Å². The van der Waals surface area contributed by atoms with E-state index in [2.05, 4.69) is 15.5 Å². The number of hydrogen-bond donors (Lipinski definition) is 3. The summed E-state index contributed by atoms with van der Waals surface area (Å²) in [5.74, 6) is -0.857. The minimum atomic E-state index is -0.465. The first-order valence-electron chi connectivity index (χ1n) is 12.8. The monoisotopic (exact) mass is 554 g/mol. The molecule has 2 amide bonds. The topological polar surface area (TPSA) is 97.8 Å². The molecule has 7 nitrogen and oxygen atoms in total. The summed E-state index contributed by atoms with van der Waals surface area (Å²) < 4.78 is 14.3. The summed E-state index contributed by atoms with van der Waals surface area (Å²) >= 11 is 5.89. The van der Waals surface area contributed by atoms with Gasteiger partial charge in [-0.15, -0.1) is 0 Å². The SMILES string of the molecule is O=C(N/N=C/c1ccc(CC(=O)N2CCc3[nH]c4c(F)cccc4c3C2)c2ccccc12)c1ccc(O)c(Cl)c1. The van der Waals surface area contributed by atoms with Crippen LogP contribution >= 0.6 is 11.6 Å². The molecule has 6 rings (SSSR count). The molecule has 1 aliphatic heterocycles. The van der Waals surface area contributed by atoms with Gasteiger partial charge in [-0.05, 0) is 40.6 Å². The van der Waals surface area contributed by atoms with Gasteiger partial charge in [0.15, 0.2) is 0 Å². The second-order valence-electron chi connectivity index (χ2n) is 9.71. The van der Waals surface area contributed by atoms with Gasteiger partial charge in [-0.3, -0.25) is 9.59 Å². The standard InChI is InChI=1S/C31H24ClFN4O3/c32-25-14-19(10-11-28(25)38)31(40)36-34-16-20-9-8-18(21-4-1-2-5-22(20)21)15-29(39)37-13-12-27-24(17-37)23-6-3-7-26(33)30(23)35-27/h1-11,14,16,35,38H,12-13,15,17H2,(H,36,40)/b34-16+. The van der Waals surface area contributed by atoms with Gasteiger partial charge in [0.1, 0.15) is 11.6 Å². The first kappa shape index (κ1) is 25.6. The highest BCUT2D eigenvalue weighted by molar-refractivity contribution is 6.32. The van der Waals surface area contributed by atoms with Gasteiger partial charge in [-0.2, -0.15) is 5.10 Å². The highest BCUT2D eigenvalue weighted by Crippen LogP contribution is 2.30. The minimum Gasteiger partial charge on any atom is -0.506 e. The van der Waals surface area contributed by atoms with Crippen molar-refractivity contribution >= 4 is 51.3 Å². The summed E-state index contributed by atoms with van der Waals surface area (Å²) in [6.45, 7) is 1.00. The summed E-state index contributed by atoms with van der Waals surface area (Å²) in [7, 11) is 0. The van der Waals surface area contributed by atoms with Crippen LogP contribution in [0.2, 0.25) is 5.02 Å². The maximum absolute atomic E-state index is 14.3. The summed E-state index contributed by atoms with van der Waals surface area (Å²) in [5.41, 5.74) is 6.85. The van der Waals surface area contributed by atoms with Crippen LogP contribution in [0.1, 0.15) is 32.7 Å². The number of carbonyl (C=O) groups excluding carboxylic acids is 2. The number of hydrogen-bond acceptors (Lipinski definition) is 4. The molecule has 0 atom stereocenters. The van der Waals surface area contributed by atoms with Crippen molar-refractivity contribution in [2.24, 2.45) is 5.10 Å². The Kier molecular flexibility index (Phi) is 6.69. The number of halogens is 2. The number of phenols is 1. The van der Waals surface area contributed by atoms with E-state index < -0.39 is 5.91 Å². The largest absolute Gasteiger partial charge is 0.506 e. The Bertz CT molecular complexity index is 1830. The van der Waals surface area contributed by atoms with E-state index >= 15 is 0 Å². The lowest BCUT2D eigenvalue weighted by Gasteiger charge is -2.27. The van der Waals surface area contributed by atoms with Crippen molar-refractivity contribution < 1.29 is 19.1 Å². The molecule has 0 fully saturated rings. The Morgan fingerprint density at radius 1 is 1.05 bits per heavy atom. The number of amides is 2. The lowest BCUT2D eigenvalue weighted by atomic mass is 9.97. The molecule has 0 radical (unpaired) electrons. The molecule has 0 aliphatic carbocycles. The minimum absolute atomic E-state index is 0.00259. The second kappa shape index (κ2) is 10.5. The van der Waals surface area contributed by atoms with Gasteiger partial charge >= 0.3 is 0 Å². The average Bonchev–Trinajstić information content (AvgIpc) is 3.35. The Morgan fingerprint density at radius 2 is 1.85 bits per heavy atom. The first-order chi connectivity index (χ1) is 19.4. The van der Waals surface area contributed by atoms with Crippen LogP contribution in [0.4, 0.5) is 4.39 Å². The molecule has 1 aliphatic rings. The third kappa shape index (κ3) is 4.78. The maximum Gasteiger partial charge on any atom is 0.271 e. The zero-order valence-corrected chi connectivity index (χ0v) is 22.0. The summed E-state index contributed by atoms with van der Waals surface area (Å²) in [6, 6.07) is 20.7. The molecule has 0 saturated heterocycles. The number of nitrogens with one attached hydrogen (secondary N) is 2. The number of H-pyrrole nitrogens is 1. The van der Waals surface area contributed by atoms with Gasteiger partial charge in [-0.1, -0.05) is 60.1 Å². The first-order valence-corrected chi connectivity index (χ1v) is 13.1. The maximum atomic E-state index is 14.3. The van der Waals surface area contributed by atoms with Crippen molar-refractivity contribution in [3.63, 3.8) is 0 Å². The number of phenolic OH excluding ortho intramolecular Hbond substituents is 1. The molecule has 2 heterocycles. The van der Waals surface area contributed by atoms with Crippen LogP contribution in [-0.2, 0) is 24.2 Å². The third-order valence-electron chi connectivity index (χ3n) is 7.28. The zero-order valence-electron chi connectivity index (χ0n) is 21.2. The quantitative estimate of drug-likeness (QED) is 0.192. The van der Waals surface area contributed by atoms with Crippen LogP contribution in [0, 0.1) is 5.82 Å². The predicted octanol–water partition coefficient (Wildman–Crippen LogP) is 5.71. The number of aromatic hydroxyl groups is 1. The predicted molar refractivity (Wildman–Crippen MR) is 153 cm³/mol. The fraction of sp³-hybridized carbons (Fsp3) is 0.129. The molecule has 0 saturated carbocycles. The number of hydrazone groups is 1. The van der Waals surface area contributed by atoms with Crippen molar-refractivity contribution in [3.05, 3.63) is 112 Å². The Morgan fingerprint density at radius 3 is 2.67 bits per heavy atom. The van der Waals surface area contributed by atoms with Crippen LogP contribution in [0.15, 0.2) is 77.9 Å². The van der Waals surface area contributed by atoms with Gasteiger partial charge < -0.3 is 15.0 Å². The number of carbonyl (C=O) groups is 2. The molecule has 0 unspecified atom stereocenters. The molecule has 0 bridgehead atoms. The number of rotatable bonds is 5. The molecule has 1 aromatic heterocycles. The fourth-order valence-electron chi connectivity index (χ4n) is 5.21. The van der Waals surface area contributed by atoms with E-state index in [1.165, 1.54) is 24.3 Å². The van der Waals surface area contributed by atoms with E-state index in [1.54, 1.807) is 12.3 Å². The highest BCUT2D eigenvalue weighted by Gasteiger charge is 2.25. The Hall–Kier alpha value is -4.69. The molecule has 40 heavy (non-hydrogen) atoms. The molecular weight excluding hydrogens is 531 g/mol. The van der Waals surface area contributed by atoms with Crippen LogP contribution in [0.3, 0.4) is 0 Å². The van der Waals surface area contributed by atoms with E-state index in [4.69, 9.17) is 11.6 Å². The van der Waals surface area contributed by atoms with E-state index in [1.807, 2.05) is 47.4 Å². The van der Waals surface area contributed by atoms with E-state index in [9.17, 15) is 19.1 Å². The van der Waals surface area contributed by atoms with Gasteiger partial charge in [0, 0.05) is 47.3 Å². The normalized spacial score (nSPS) is 13.2. The van der Waals surface area contributed by atoms with Gasteiger partial charge in [0.25, 0.3) is 5.91 Å². The number of benzene rings is 4. The number of aromatic nitrogens is 1. The summed E-state index contributed by atoms with van der Waals surface area (Å²) in [4.78, 5) is 30.8.